The van der Waals surface area contributed by atoms with E-state index in [-0.39, 0.29) is 5.91 Å². The molecule has 2 rings (SSSR count). The molecule has 0 bridgehead atoms. The summed E-state index contributed by atoms with van der Waals surface area (Å²) in [5, 5.41) is 2.81. The summed E-state index contributed by atoms with van der Waals surface area (Å²) in [6.07, 6.45) is 3.32. The van der Waals surface area contributed by atoms with E-state index < -0.39 is 0 Å². The van der Waals surface area contributed by atoms with Gasteiger partial charge in [-0.25, -0.2) is 0 Å². The summed E-state index contributed by atoms with van der Waals surface area (Å²) in [6, 6.07) is 3.53. The third kappa shape index (κ3) is 3.33. The number of nitrogens with two attached hydrogens (primary N) is 1. The van der Waals surface area contributed by atoms with Crippen molar-refractivity contribution in [2.45, 2.75) is 20.4 Å². The predicted molar refractivity (Wildman–Crippen MR) is 81.2 cm³/mol. The Balaban J connectivity index is 2.11. The van der Waals surface area contributed by atoms with Crippen molar-refractivity contribution in [3.8, 4) is 0 Å². The van der Waals surface area contributed by atoms with Crippen LogP contribution in [0, 0.1) is 13.8 Å². The maximum atomic E-state index is 12.2. The topological polar surface area (TPSA) is 80.9 Å². The molecular formula is C14H15BrN4O. The van der Waals surface area contributed by atoms with Crippen LogP contribution in [-0.2, 0) is 6.54 Å². The van der Waals surface area contributed by atoms with Crippen molar-refractivity contribution in [1.29, 1.82) is 0 Å². The first-order valence-corrected chi connectivity index (χ1v) is 6.88. The smallest absolute Gasteiger partial charge is 0.251 e. The average Bonchev–Trinajstić information content (AvgIpc) is 2.42. The molecule has 0 fully saturated rings. The number of hydrogen-bond acceptors (Lipinski definition) is 4. The fourth-order valence-electron chi connectivity index (χ4n) is 1.71. The number of nitrogens with zero attached hydrogens (tertiary/aromatic N) is 2. The highest BCUT2D eigenvalue weighted by molar-refractivity contribution is 9.10. The SMILES string of the molecule is Cc1cnc(CNC(=O)c2cc(Br)cc(N)c2C)cn1. The predicted octanol–water partition coefficient (Wildman–Crippen LogP) is 2.37. The lowest BCUT2D eigenvalue weighted by Gasteiger charge is -2.10. The number of rotatable bonds is 3. The molecule has 0 saturated heterocycles. The van der Waals surface area contributed by atoms with Crippen LogP contribution in [0.15, 0.2) is 29.0 Å². The molecular weight excluding hydrogens is 320 g/mol. The molecule has 1 aromatic carbocycles. The molecule has 1 amide bonds. The van der Waals surface area contributed by atoms with Crippen molar-refractivity contribution >= 4 is 27.5 Å². The van der Waals surface area contributed by atoms with E-state index in [1.807, 2.05) is 13.8 Å². The van der Waals surface area contributed by atoms with Gasteiger partial charge in [0.15, 0.2) is 0 Å². The van der Waals surface area contributed by atoms with E-state index in [1.54, 1.807) is 24.5 Å². The first-order valence-electron chi connectivity index (χ1n) is 6.08. The molecule has 0 aliphatic carbocycles. The number of anilines is 1. The zero-order valence-corrected chi connectivity index (χ0v) is 12.9. The molecule has 0 radical (unpaired) electrons. The van der Waals surface area contributed by atoms with Crippen LogP contribution in [0.2, 0.25) is 0 Å². The minimum atomic E-state index is -0.183. The van der Waals surface area contributed by atoms with Crippen molar-refractivity contribution < 1.29 is 4.79 Å². The van der Waals surface area contributed by atoms with E-state index in [2.05, 4.69) is 31.2 Å². The van der Waals surface area contributed by atoms with Gasteiger partial charge in [0.2, 0.25) is 0 Å². The number of hydrogen-bond donors (Lipinski definition) is 2. The lowest BCUT2D eigenvalue weighted by Crippen LogP contribution is -2.24. The van der Waals surface area contributed by atoms with Gasteiger partial charge in [-0.3, -0.25) is 14.8 Å². The summed E-state index contributed by atoms with van der Waals surface area (Å²) < 4.78 is 0.779. The maximum absolute atomic E-state index is 12.2. The number of halogens is 1. The Morgan fingerprint density at radius 1 is 1.30 bits per heavy atom. The number of amides is 1. The highest BCUT2D eigenvalue weighted by Crippen LogP contribution is 2.22. The molecule has 0 unspecified atom stereocenters. The van der Waals surface area contributed by atoms with Gasteiger partial charge in [-0.2, -0.15) is 0 Å². The summed E-state index contributed by atoms with van der Waals surface area (Å²) >= 11 is 3.34. The largest absolute Gasteiger partial charge is 0.398 e. The zero-order chi connectivity index (χ0) is 14.7. The van der Waals surface area contributed by atoms with Gasteiger partial charge < -0.3 is 11.1 Å². The standard InChI is InChI=1S/C14H15BrN4O/c1-8-5-18-11(6-17-8)7-19-14(20)12-3-10(15)4-13(16)9(12)2/h3-6H,7,16H2,1-2H3,(H,19,20). The maximum Gasteiger partial charge on any atom is 0.251 e. The molecule has 5 nitrogen and oxygen atoms in total. The second-order valence-electron chi connectivity index (χ2n) is 4.50. The first-order chi connectivity index (χ1) is 9.47. The number of carbonyl (C=O) groups excluding carboxylic acids is 1. The Hall–Kier alpha value is -1.95. The van der Waals surface area contributed by atoms with Crippen LogP contribution < -0.4 is 11.1 Å². The number of aromatic nitrogens is 2. The third-order valence-electron chi connectivity index (χ3n) is 2.92. The molecule has 104 valence electrons. The van der Waals surface area contributed by atoms with Crippen molar-refractivity contribution in [2.75, 3.05) is 5.73 Å². The van der Waals surface area contributed by atoms with Crippen LogP contribution in [0.5, 0.6) is 0 Å². The van der Waals surface area contributed by atoms with E-state index in [1.165, 1.54) is 0 Å². The van der Waals surface area contributed by atoms with E-state index in [0.717, 1.165) is 15.7 Å². The van der Waals surface area contributed by atoms with E-state index >= 15 is 0 Å². The molecule has 0 saturated carbocycles. The first kappa shape index (κ1) is 14.5. The summed E-state index contributed by atoms with van der Waals surface area (Å²) in [4.78, 5) is 20.5. The van der Waals surface area contributed by atoms with E-state index in [4.69, 9.17) is 5.73 Å². The number of nitrogens with one attached hydrogen (secondary N) is 1. The molecule has 1 heterocycles. The molecule has 0 atom stereocenters. The molecule has 0 spiro atoms. The minimum Gasteiger partial charge on any atom is -0.398 e. The Kier molecular flexibility index (Phi) is 4.34. The highest BCUT2D eigenvalue weighted by Gasteiger charge is 2.12. The molecule has 3 N–H and O–H groups in total. The number of nitrogen functional groups attached to an aromatic ring is 1. The Morgan fingerprint density at radius 3 is 2.70 bits per heavy atom. The van der Waals surface area contributed by atoms with Crippen molar-refractivity contribution in [3.63, 3.8) is 0 Å². The number of carbonyl (C=O) groups is 1. The Labute approximate surface area is 125 Å². The van der Waals surface area contributed by atoms with Gasteiger partial charge >= 0.3 is 0 Å². The van der Waals surface area contributed by atoms with Crippen molar-refractivity contribution in [3.05, 3.63) is 51.5 Å². The van der Waals surface area contributed by atoms with Gasteiger partial charge in [-0.15, -0.1) is 0 Å². The molecule has 1 aromatic heterocycles. The van der Waals surface area contributed by atoms with Crippen LogP contribution in [-0.4, -0.2) is 15.9 Å². The van der Waals surface area contributed by atoms with Gasteiger partial charge in [0, 0.05) is 21.9 Å². The Morgan fingerprint density at radius 2 is 2.05 bits per heavy atom. The Bertz CT molecular complexity index is 640. The number of aryl methyl sites for hydroxylation is 1. The van der Waals surface area contributed by atoms with Gasteiger partial charge in [0.1, 0.15) is 0 Å². The van der Waals surface area contributed by atoms with Crippen molar-refractivity contribution in [1.82, 2.24) is 15.3 Å². The van der Waals surface area contributed by atoms with E-state index in [0.29, 0.717) is 23.5 Å². The summed E-state index contributed by atoms with van der Waals surface area (Å²) in [5.74, 6) is -0.183. The molecule has 0 aliphatic rings. The second-order valence-corrected chi connectivity index (χ2v) is 5.42. The normalized spacial score (nSPS) is 10.3. The summed E-state index contributed by atoms with van der Waals surface area (Å²) in [7, 11) is 0. The van der Waals surface area contributed by atoms with E-state index in [9.17, 15) is 4.79 Å². The van der Waals surface area contributed by atoms with Crippen LogP contribution in [0.4, 0.5) is 5.69 Å². The van der Waals surface area contributed by atoms with Crippen LogP contribution in [0.25, 0.3) is 0 Å². The average molecular weight is 335 g/mol. The van der Waals surface area contributed by atoms with Gasteiger partial charge in [0.05, 0.1) is 24.1 Å². The monoisotopic (exact) mass is 334 g/mol. The van der Waals surface area contributed by atoms with Gasteiger partial charge in [0.25, 0.3) is 5.91 Å². The highest BCUT2D eigenvalue weighted by atomic mass is 79.9. The lowest BCUT2D eigenvalue weighted by molar-refractivity contribution is 0.0949. The van der Waals surface area contributed by atoms with Crippen LogP contribution >= 0.6 is 15.9 Å². The zero-order valence-electron chi connectivity index (χ0n) is 11.3. The van der Waals surface area contributed by atoms with Gasteiger partial charge in [-0.1, -0.05) is 15.9 Å². The summed E-state index contributed by atoms with van der Waals surface area (Å²) in [5.41, 5.74) is 9.31. The van der Waals surface area contributed by atoms with Crippen LogP contribution in [0.1, 0.15) is 27.3 Å². The fourth-order valence-corrected chi connectivity index (χ4v) is 2.19. The second kappa shape index (κ2) is 6.00. The van der Waals surface area contributed by atoms with Gasteiger partial charge in [-0.05, 0) is 31.5 Å². The molecule has 0 aliphatic heterocycles. The molecule has 2 aromatic rings. The minimum absolute atomic E-state index is 0.183. The van der Waals surface area contributed by atoms with Crippen LogP contribution in [0.3, 0.4) is 0 Å². The molecule has 20 heavy (non-hydrogen) atoms. The number of benzene rings is 1. The third-order valence-corrected chi connectivity index (χ3v) is 3.38. The lowest BCUT2D eigenvalue weighted by atomic mass is 10.1. The fraction of sp³-hybridized carbons (Fsp3) is 0.214. The molecule has 6 heteroatoms. The van der Waals surface area contributed by atoms with Crippen molar-refractivity contribution in [2.24, 2.45) is 0 Å². The summed E-state index contributed by atoms with van der Waals surface area (Å²) in [6.45, 7) is 4.02. The quantitative estimate of drug-likeness (QED) is 0.844.